The van der Waals surface area contributed by atoms with Crippen LogP contribution in [0, 0.1) is 0 Å². The molecule has 1 heterocycles. The van der Waals surface area contributed by atoms with Crippen LogP contribution < -0.4 is 5.43 Å². The van der Waals surface area contributed by atoms with Gasteiger partial charge in [-0.1, -0.05) is 12.1 Å². The fraction of sp³-hybridized carbons (Fsp3) is 0.300. The van der Waals surface area contributed by atoms with E-state index in [9.17, 15) is 0 Å². The van der Waals surface area contributed by atoms with E-state index in [-0.39, 0.29) is 24.0 Å². The van der Waals surface area contributed by atoms with Gasteiger partial charge in [-0.25, -0.2) is 9.99 Å². The molecule has 0 unspecified atom stereocenters. The van der Waals surface area contributed by atoms with Crippen molar-refractivity contribution in [3.63, 3.8) is 0 Å². The van der Waals surface area contributed by atoms with Gasteiger partial charge in [-0.3, -0.25) is 5.43 Å². The van der Waals surface area contributed by atoms with Crippen molar-refractivity contribution in [3.05, 3.63) is 24.3 Å². The number of aromatic nitrogens is 2. The summed E-state index contributed by atoms with van der Waals surface area (Å²) in [6, 6.07) is 8.08. The van der Waals surface area contributed by atoms with E-state index in [0.29, 0.717) is 0 Å². The summed E-state index contributed by atoms with van der Waals surface area (Å²) < 4.78 is 2.04. The van der Waals surface area contributed by atoms with E-state index in [4.69, 9.17) is 0 Å². The molecule has 0 radical (unpaired) electrons. The highest BCUT2D eigenvalue weighted by Gasteiger charge is 2.05. The Hall–Kier alpha value is -0.820. The Bertz CT molecular complexity index is 450. The predicted molar refractivity (Wildman–Crippen MR) is 73.4 cm³/mol. The normalized spacial score (nSPS) is 10.4. The Kier molecular flexibility index (Phi) is 3.92. The van der Waals surface area contributed by atoms with Crippen LogP contribution in [-0.2, 0) is 7.05 Å². The molecule has 0 bridgehead atoms. The second-order valence-electron chi connectivity index (χ2n) is 3.49. The van der Waals surface area contributed by atoms with Gasteiger partial charge in [0.25, 0.3) is 0 Å². The number of hydrazine groups is 1. The van der Waals surface area contributed by atoms with Gasteiger partial charge in [-0.2, -0.15) is 0 Å². The molecule has 0 aliphatic rings. The third kappa shape index (κ3) is 2.40. The third-order valence-electron chi connectivity index (χ3n) is 2.11. The molecule has 15 heavy (non-hydrogen) atoms. The van der Waals surface area contributed by atoms with E-state index in [1.807, 2.05) is 48.9 Å². The number of benzene rings is 1. The average Bonchev–Trinajstić information content (AvgIpc) is 2.44. The number of rotatable bonds is 2. The SMILES string of the molecule is CN(C)Nc1nc2ccccc2n1C.I. The van der Waals surface area contributed by atoms with E-state index in [0.717, 1.165) is 17.0 Å². The minimum atomic E-state index is 0. The van der Waals surface area contributed by atoms with Crippen LogP contribution >= 0.6 is 24.0 Å². The Balaban J connectivity index is 0.00000112. The summed E-state index contributed by atoms with van der Waals surface area (Å²) in [5.41, 5.74) is 5.30. The maximum absolute atomic E-state index is 4.46. The molecule has 0 aliphatic heterocycles. The van der Waals surface area contributed by atoms with Crippen LogP contribution in [0.15, 0.2) is 24.3 Å². The first-order chi connectivity index (χ1) is 6.68. The largest absolute Gasteiger partial charge is 0.312 e. The fourth-order valence-electron chi connectivity index (χ4n) is 1.45. The fourth-order valence-corrected chi connectivity index (χ4v) is 1.45. The summed E-state index contributed by atoms with van der Waals surface area (Å²) in [6.07, 6.45) is 0. The van der Waals surface area contributed by atoms with Crippen LogP contribution in [0.25, 0.3) is 11.0 Å². The maximum atomic E-state index is 4.46. The first kappa shape index (κ1) is 12.3. The molecule has 0 aliphatic carbocycles. The zero-order valence-corrected chi connectivity index (χ0v) is 11.4. The Morgan fingerprint density at radius 3 is 2.53 bits per heavy atom. The minimum absolute atomic E-state index is 0. The van der Waals surface area contributed by atoms with Gasteiger partial charge < -0.3 is 4.57 Å². The van der Waals surface area contributed by atoms with E-state index in [2.05, 4.69) is 16.5 Å². The first-order valence-corrected chi connectivity index (χ1v) is 4.54. The van der Waals surface area contributed by atoms with Gasteiger partial charge in [-0.15, -0.1) is 24.0 Å². The minimum Gasteiger partial charge on any atom is -0.312 e. The van der Waals surface area contributed by atoms with Crippen LogP contribution in [0.2, 0.25) is 0 Å². The highest BCUT2D eigenvalue weighted by Crippen LogP contribution is 2.17. The van der Waals surface area contributed by atoms with Crippen molar-refractivity contribution in [1.29, 1.82) is 0 Å². The summed E-state index contributed by atoms with van der Waals surface area (Å²) >= 11 is 0. The number of halogens is 1. The number of para-hydroxylation sites is 2. The van der Waals surface area contributed by atoms with E-state index in [1.165, 1.54) is 0 Å². The van der Waals surface area contributed by atoms with Crippen LogP contribution in [0.3, 0.4) is 0 Å². The predicted octanol–water partition coefficient (Wildman–Crippen LogP) is 2.08. The summed E-state index contributed by atoms with van der Waals surface area (Å²) in [5.74, 6) is 0.858. The van der Waals surface area contributed by atoms with Crippen molar-refractivity contribution in [2.45, 2.75) is 0 Å². The zero-order chi connectivity index (χ0) is 10.1. The maximum Gasteiger partial charge on any atom is 0.218 e. The molecule has 1 aromatic carbocycles. The van der Waals surface area contributed by atoms with Crippen LogP contribution in [-0.4, -0.2) is 28.7 Å². The van der Waals surface area contributed by atoms with Gasteiger partial charge in [0.15, 0.2) is 0 Å². The molecule has 2 rings (SSSR count). The van der Waals surface area contributed by atoms with Crippen molar-refractivity contribution in [2.24, 2.45) is 7.05 Å². The molecular weight excluding hydrogens is 303 g/mol. The Morgan fingerprint density at radius 1 is 1.27 bits per heavy atom. The van der Waals surface area contributed by atoms with Gasteiger partial charge in [-0.05, 0) is 12.1 Å². The summed E-state index contributed by atoms with van der Waals surface area (Å²) in [6.45, 7) is 0. The molecule has 0 saturated heterocycles. The zero-order valence-electron chi connectivity index (χ0n) is 9.06. The molecule has 1 N–H and O–H groups in total. The smallest absolute Gasteiger partial charge is 0.218 e. The van der Waals surface area contributed by atoms with Crippen molar-refractivity contribution in [3.8, 4) is 0 Å². The molecule has 2 aromatic rings. The highest BCUT2D eigenvalue weighted by atomic mass is 127. The van der Waals surface area contributed by atoms with Gasteiger partial charge >= 0.3 is 0 Å². The molecular formula is C10H15IN4. The quantitative estimate of drug-likeness (QED) is 0.680. The molecule has 82 valence electrons. The van der Waals surface area contributed by atoms with E-state index in [1.54, 1.807) is 0 Å². The number of aryl methyl sites for hydroxylation is 1. The topological polar surface area (TPSA) is 33.1 Å². The number of hydrogen-bond donors (Lipinski definition) is 1. The number of imidazole rings is 1. The van der Waals surface area contributed by atoms with Crippen molar-refractivity contribution >= 4 is 41.0 Å². The van der Waals surface area contributed by atoms with Crippen molar-refractivity contribution < 1.29 is 0 Å². The number of nitrogens with zero attached hydrogens (tertiary/aromatic N) is 3. The van der Waals surface area contributed by atoms with E-state index < -0.39 is 0 Å². The summed E-state index contributed by atoms with van der Waals surface area (Å²) in [7, 11) is 5.89. The van der Waals surface area contributed by atoms with Gasteiger partial charge in [0, 0.05) is 21.1 Å². The van der Waals surface area contributed by atoms with Crippen LogP contribution in [0.5, 0.6) is 0 Å². The molecule has 0 atom stereocenters. The first-order valence-electron chi connectivity index (χ1n) is 4.54. The number of hydrogen-bond acceptors (Lipinski definition) is 3. The lowest BCUT2D eigenvalue weighted by atomic mass is 10.3. The number of anilines is 1. The lowest BCUT2D eigenvalue weighted by Gasteiger charge is -2.12. The molecule has 5 heteroatoms. The molecule has 4 nitrogen and oxygen atoms in total. The van der Waals surface area contributed by atoms with Crippen LogP contribution in [0.4, 0.5) is 5.95 Å². The van der Waals surface area contributed by atoms with Gasteiger partial charge in [0.2, 0.25) is 5.95 Å². The average molecular weight is 318 g/mol. The standard InChI is InChI=1S/C10H14N4.HI/c1-13(2)12-10-11-8-6-4-5-7-9(8)14(10)3;/h4-7H,1-3H3,(H,11,12);1H. The van der Waals surface area contributed by atoms with E-state index >= 15 is 0 Å². The molecule has 1 aromatic heterocycles. The Labute approximate surface area is 106 Å². The highest BCUT2D eigenvalue weighted by molar-refractivity contribution is 14.0. The lowest BCUT2D eigenvalue weighted by molar-refractivity contribution is 0.486. The van der Waals surface area contributed by atoms with Gasteiger partial charge in [0.1, 0.15) is 0 Å². The summed E-state index contributed by atoms with van der Waals surface area (Å²) in [4.78, 5) is 4.46. The summed E-state index contributed by atoms with van der Waals surface area (Å²) in [5, 5.41) is 1.88. The molecule has 0 amide bonds. The van der Waals surface area contributed by atoms with Crippen LogP contribution in [0.1, 0.15) is 0 Å². The molecule has 0 spiro atoms. The second kappa shape index (κ2) is 4.80. The Morgan fingerprint density at radius 2 is 1.93 bits per heavy atom. The van der Waals surface area contributed by atoms with Gasteiger partial charge in [0.05, 0.1) is 11.0 Å². The molecule has 0 saturated carbocycles. The molecule has 0 fully saturated rings. The third-order valence-corrected chi connectivity index (χ3v) is 2.11. The second-order valence-corrected chi connectivity index (χ2v) is 3.49. The lowest BCUT2D eigenvalue weighted by Crippen LogP contribution is -2.21. The number of nitrogens with one attached hydrogen (secondary N) is 1. The monoisotopic (exact) mass is 318 g/mol. The van der Waals surface area contributed by atoms with Crippen molar-refractivity contribution in [2.75, 3.05) is 19.5 Å². The van der Waals surface area contributed by atoms with Crippen molar-refractivity contribution in [1.82, 2.24) is 14.6 Å². The number of fused-ring (bicyclic) bond motifs is 1.